The van der Waals surface area contributed by atoms with Crippen LogP contribution in [0.15, 0.2) is 16.6 Å². The number of aliphatic hydroxyl groups excluding tert-OH is 1. The van der Waals surface area contributed by atoms with Crippen molar-refractivity contribution in [1.82, 2.24) is 9.78 Å². The summed E-state index contributed by atoms with van der Waals surface area (Å²) in [6.07, 6.45) is -0.757. The summed E-state index contributed by atoms with van der Waals surface area (Å²) in [6.45, 7) is 7.14. The SMILES string of the molecule is Cc1cc(-n2nc(C)c(Br)c2C)c([C@H](C)O)cc1F. The number of nitrogens with zero attached hydrogens (tertiary/aromatic N) is 2. The fourth-order valence-electron chi connectivity index (χ4n) is 2.06. The van der Waals surface area contributed by atoms with Crippen LogP contribution in [-0.2, 0) is 0 Å². The third-order valence-corrected chi connectivity index (χ3v) is 4.34. The largest absolute Gasteiger partial charge is 0.389 e. The van der Waals surface area contributed by atoms with E-state index < -0.39 is 6.10 Å². The van der Waals surface area contributed by atoms with Gasteiger partial charge in [-0.1, -0.05) is 0 Å². The average Bonchev–Trinajstić information content (AvgIpc) is 2.59. The molecule has 0 fully saturated rings. The Morgan fingerprint density at radius 2 is 1.95 bits per heavy atom. The topological polar surface area (TPSA) is 38.0 Å². The molecule has 0 amide bonds. The number of rotatable bonds is 2. The van der Waals surface area contributed by atoms with E-state index in [1.807, 2.05) is 13.8 Å². The molecule has 0 saturated carbocycles. The highest BCUT2D eigenvalue weighted by molar-refractivity contribution is 9.10. The fourth-order valence-corrected chi connectivity index (χ4v) is 2.31. The second kappa shape index (κ2) is 5.06. The predicted octanol–water partition coefficient (Wildman–Crippen LogP) is 3.75. The summed E-state index contributed by atoms with van der Waals surface area (Å²) >= 11 is 3.47. The molecule has 1 aromatic heterocycles. The summed E-state index contributed by atoms with van der Waals surface area (Å²) in [4.78, 5) is 0. The van der Waals surface area contributed by atoms with Crippen LogP contribution in [0.4, 0.5) is 4.39 Å². The van der Waals surface area contributed by atoms with Gasteiger partial charge in [-0.3, -0.25) is 0 Å². The molecule has 0 spiro atoms. The number of aliphatic hydroxyl groups is 1. The number of hydrogen-bond acceptors (Lipinski definition) is 2. The maximum atomic E-state index is 13.7. The Morgan fingerprint density at radius 3 is 2.42 bits per heavy atom. The first kappa shape index (κ1) is 14.2. The van der Waals surface area contributed by atoms with E-state index in [2.05, 4.69) is 21.0 Å². The van der Waals surface area contributed by atoms with Gasteiger partial charge in [-0.25, -0.2) is 9.07 Å². The lowest BCUT2D eigenvalue weighted by Gasteiger charge is -2.15. The van der Waals surface area contributed by atoms with Gasteiger partial charge in [0.15, 0.2) is 0 Å². The lowest BCUT2D eigenvalue weighted by Crippen LogP contribution is -2.07. The van der Waals surface area contributed by atoms with Crippen LogP contribution in [0.5, 0.6) is 0 Å². The summed E-state index contributed by atoms with van der Waals surface area (Å²) in [7, 11) is 0. The van der Waals surface area contributed by atoms with E-state index in [0.29, 0.717) is 16.8 Å². The Labute approximate surface area is 120 Å². The van der Waals surface area contributed by atoms with Gasteiger partial charge in [0.1, 0.15) is 5.82 Å². The molecular formula is C14H16BrFN2O. The summed E-state index contributed by atoms with van der Waals surface area (Å²) in [5.41, 5.74) is 3.55. The molecule has 0 unspecified atom stereocenters. The van der Waals surface area contributed by atoms with Crippen LogP contribution in [0.2, 0.25) is 0 Å². The third kappa shape index (κ3) is 2.44. The Balaban J connectivity index is 2.73. The van der Waals surface area contributed by atoms with Gasteiger partial charge in [-0.05, 0) is 61.3 Å². The second-order valence-corrected chi connectivity index (χ2v) is 5.53. The van der Waals surface area contributed by atoms with Crippen LogP contribution in [0.1, 0.15) is 35.5 Å². The molecule has 0 aliphatic rings. The molecule has 3 nitrogen and oxygen atoms in total. The van der Waals surface area contributed by atoms with Gasteiger partial charge in [0, 0.05) is 5.56 Å². The molecule has 19 heavy (non-hydrogen) atoms. The zero-order valence-electron chi connectivity index (χ0n) is 11.3. The van der Waals surface area contributed by atoms with Crippen molar-refractivity contribution in [3.8, 4) is 5.69 Å². The van der Waals surface area contributed by atoms with Crippen molar-refractivity contribution < 1.29 is 9.50 Å². The molecule has 0 radical (unpaired) electrons. The first-order valence-electron chi connectivity index (χ1n) is 6.03. The molecule has 0 saturated heterocycles. The monoisotopic (exact) mass is 326 g/mol. The first-order valence-corrected chi connectivity index (χ1v) is 6.82. The van der Waals surface area contributed by atoms with Crippen molar-refractivity contribution in [3.05, 3.63) is 44.9 Å². The van der Waals surface area contributed by atoms with Crippen molar-refractivity contribution in [2.24, 2.45) is 0 Å². The summed E-state index contributed by atoms with van der Waals surface area (Å²) in [5, 5.41) is 14.3. The Hall–Kier alpha value is -1.20. The minimum Gasteiger partial charge on any atom is -0.389 e. The van der Waals surface area contributed by atoms with Gasteiger partial charge in [0.25, 0.3) is 0 Å². The molecule has 2 aromatic rings. The Morgan fingerprint density at radius 1 is 1.32 bits per heavy atom. The van der Waals surface area contributed by atoms with Crippen LogP contribution in [0.3, 0.4) is 0 Å². The van der Waals surface area contributed by atoms with Gasteiger partial charge in [-0.2, -0.15) is 5.10 Å². The van der Waals surface area contributed by atoms with Crippen molar-refractivity contribution in [2.75, 3.05) is 0 Å². The van der Waals surface area contributed by atoms with Crippen molar-refractivity contribution in [1.29, 1.82) is 0 Å². The van der Waals surface area contributed by atoms with Crippen LogP contribution in [-0.4, -0.2) is 14.9 Å². The van der Waals surface area contributed by atoms with E-state index in [1.165, 1.54) is 6.07 Å². The minimum atomic E-state index is -0.757. The standard InChI is InChI=1S/C14H16BrFN2O/c1-7-5-13(11(10(4)19)6-12(7)16)18-9(3)14(15)8(2)17-18/h5-6,10,19H,1-4H3/t10-/m0/s1. The van der Waals surface area contributed by atoms with E-state index in [0.717, 1.165) is 15.9 Å². The van der Waals surface area contributed by atoms with E-state index >= 15 is 0 Å². The van der Waals surface area contributed by atoms with E-state index in [1.54, 1.807) is 24.6 Å². The number of aryl methyl sites for hydroxylation is 2. The molecule has 2 rings (SSSR count). The van der Waals surface area contributed by atoms with E-state index in [9.17, 15) is 9.50 Å². The molecule has 1 N–H and O–H groups in total. The smallest absolute Gasteiger partial charge is 0.126 e. The van der Waals surface area contributed by atoms with Crippen LogP contribution in [0, 0.1) is 26.6 Å². The summed E-state index contributed by atoms with van der Waals surface area (Å²) < 4.78 is 16.3. The van der Waals surface area contributed by atoms with Crippen molar-refractivity contribution in [3.63, 3.8) is 0 Å². The maximum Gasteiger partial charge on any atom is 0.126 e. The molecule has 1 atom stereocenters. The Kier molecular flexibility index (Phi) is 3.78. The van der Waals surface area contributed by atoms with Crippen LogP contribution < -0.4 is 0 Å². The number of aromatic nitrogens is 2. The van der Waals surface area contributed by atoms with Crippen molar-refractivity contribution in [2.45, 2.75) is 33.8 Å². The lowest BCUT2D eigenvalue weighted by molar-refractivity contribution is 0.198. The highest BCUT2D eigenvalue weighted by Gasteiger charge is 2.17. The molecular weight excluding hydrogens is 311 g/mol. The fraction of sp³-hybridized carbons (Fsp3) is 0.357. The molecule has 0 bridgehead atoms. The normalized spacial score (nSPS) is 12.8. The van der Waals surface area contributed by atoms with Gasteiger partial charge < -0.3 is 5.11 Å². The molecule has 1 aromatic carbocycles. The highest BCUT2D eigenvalue weighted by atomic mass is 79.9. The second-order valence-electron chi connectivity index (χ2n) is 4.73. The molecule has 0 aliphatic heterocycles. The zero-order valence-corrected chi connectivity index (χ0v) is 12.9. The molecule has 5 heteroatoms. The third-order valence-electron chi connectivity index (χ3n) is 3.19. The predicted molar refractivity (Wildman–Crippen MR) is 76.1 cm³/mol. The van der Waals surface area contributed by atoms with E-state index in [-0.39, 0.29) is 5.82 Å². The zero-order chi connectivity index (χ0) is 14.3. The van der Waals surface area contributed by atoms with Gasteiger partial charge in [0.2, 0.25) is 0 Å². The molecule has 1 heterocycles. The minimum absolute atomic E-state index is 0.319. The van der Waals surface area contributed by atoms with Crippen LogP contribution in [0.25, 0.3) is 5.69 Å². The number of halogens is 2. The van der Waals surface area contributed by atoms with Gasteiger partial charge in [0.05, 0.1) is 27.7 Å². The van der Waals surface area contributed by atoms with Crippen molar-refractivity contribution >= 4 is 15.9 Å². The Bertz CT molecular complexity index is 635. The van der Waals surface area contributed by atoms with Gasteiger partial charge in [-0.15, -0.1) is 0 Å². The van der Waals surface area contributed by atoms with Crippen LogP contribution >= 0.6 is 15.9 Å². The summed E-state index contributed by atoms with van der Waals surface area (Å²) in [6, 6.07) is 3.09. The molecule has 0 aliphatic carbocycles. The van der Waals surface area contributed by atoms with Gasteiger partial charge >= 0.3 is 0 Å². The highest BCUT2D eigenvalue weighted by Crippen LogP contribution is 2.29. The number of benzene rings is 1. The maximum absolute atomic E-state index is 13.7. The summed E-state index contributed by atoms with van der Waals surface area (Å²) in [5.74, 6) is -0.319. The lowest BCUT2D eigenvalue weighted by atomic mass is 10.0. The van der Waals surface area contributed by atoms with E-state index in [4.69, 9.17) is 0 Å². The molecule has 102 valence electrons. The number of hydrogen-bond donors (Lipinski definition) is 1. The average molecular weight is 327 g/mol. The first-order chi connectivity index (χ1) is 8.82. The quantitative estimate of drug-likeness (QED) is 0.912.